The summed E-state index contributed by atoms with van der Waals surface area (Å²) in [7, 11) is 0. The van der Waals surface area contributed by atoms with E-state index >= 15 is 0 Å². The molecule has 2 heterocycles. The predicted octanol–water partition coefficient (Wildman–Crippen LogP) is -0.589. The summed E-state index contributed by atoms with van der Waals surface area (Å²) in [4.78, 5) is 42.8. The zero-order valence-corrected chi connectivity index (χ0v) is 11.5. The smallest absolute Gasteiger partial charge is 0.325 e. The van der Waals surface area contributed by atoms with Crippen LogP contribution < -0.4 is 16.2 Å². The highest BCUT2D eigenvalue weighted by atomic mass is 16.5. The van der Waals surface area contributed by atoms with Crippen molar-refractivity contribution in [2.24, 2.45) is 0 Å². The van der Waals surface area contributed by atoms with Gasteiger partial charge in [-0.15, -0.1) is 0 Å². The van der Waals surface area contributed by atoms with Gasteiger partial charge in [-0.25, -0.2) is 14.8 Å². The van der Waals surface area contributed by atoms with Crippen LogP contribution in [0, 0.1) is 6.92 Å². The molecule has 0 fully saturated rings. The van der Waals surface area contributed by atoms with Crippen LogP contribution in [-0.4, -0.2) is 44.7 Å². The number of urea groups is 1. The molecular formula is C11H14N6O4. The van der Waals surface area contributed by atoms with Gasteiger partial charge in [-0.3, -0.25) is 14.7 Å². The minimum Gasteiger partial charge on any atom is -0.465 e. The fourth-order valence-electron chi connectivity index (χ4n) is 1.63. The topological polar surface area (TPSA) is 130 Å². The van der Waals surface area contributed by atoms with Crippen molar-refractivity contribution in [3.63, 3.8) is 0 Å². The number of hydrogen-bond donors (Lipinski definition) is 3. The first-order valence-corrected chi connectivity index (χ1v) is 6.16. The Morgan fingerprint density at radius 1 is 1.48 bits per heavy atom. The zero-order chi connectivity index (χ0) is 15.4. The molecule has 10 nitrogen and oxygen atoms in total. The number of aromatic nitrogens is 4. The Balaban J connectivity index is 2.11. The second kappa shape index (κ2) is 6.03. The molecular weight excluding hydrogens is 280 g/mol. The Labute approximate surface area is 118 Å². The molecule has 0 aliphatic heterocycles. The lowest BCUT2D eigenvalue weighted by Crippen LogP contribution is -2.36. The molecule has 2 aromatic rings. The Hall–Kier alpha value is -2.91. The number of rotatable bonds is 4. The highest BCUT2D eigenvalue weighted by Gasteiger charge is 2.14. The standard InChI is InChI=1S/C11H14N6O4/c1-3-21-7(18)4-12-11(20)16-8-6(2)15-10-13-5-14-17(10)9(8)19/h5H,3-4H2,1-2H3,(H2,12,16,20)(H,13,14,15). The summed E-state index contributed by atoms with van der Waals surface area (Å²) in [6.07, 6.45) is 1.31. The van der Waals surface area contributed by atoms with Crippen LogP contribution in [-0.2, 0) is 9.53 Å². The number of ether oxygens (including phenoxy) is 1. The third-order valence-corrected chi connectivity index (χ3v) is 2.55. The van der Waals surface area contributed by atoms with Crippen LogP contribution in [0.25, 0.3) is 5.78 Å². The highest BCUT2D eigenvalue weighted by Crippen LogP contribution is 2.06. The molecule has 0 atom stereocenters. The average Bonchev–Trinajstić information content (AvgIpc) is 2.90. The van der Waals surface area contributed by atoms with Gasteiger partial charge in [0.1, 0.15) is 18.6 Å². The van der Waals surface area contributed by atoms with Gasteiger partial charge in [0.05, 0.1) is 12.3 Å². The average molecular weight is 294 g/mol. The molecule has 0 aliphatic carbocycles. The van der Waals surface area contributed by atoms with E-state index in [-0.39, 0.29) is 24.6 Å². The largest absolute Gasteiger partial charge is 0.465 e. The minimum absolute atomic E-state index is 0.00175. The number of nitrogens with one attached hydrogen (secondary N) is 3. The van der Waals surface area contributed by atoms with Crippen LogP contribution >= 0.6 is 0 Å². The molecule has 2 aromatic heterocycles. The molecule has 2 rings (SSSR count). The van der Waals surface area contributed by atoms with Gasteiger partial charge in [0.25, 0.3) is 11.3 Å². The van der Waals surface area contributed by atoms with Gasteiger partial charge in [-0.05, 0) is 13.8 Å². The summed E-state index contributed by atoms with van der Waals surface area (Å²) in [5, 5.41) is 7.22. The normalized spacial score (nSPS) is 10.4. The number of fused-ring (bicyclic) bond motifs is 1. The number of esters is 1. The maximum atomic E-state index is 12.1. The maximum Gasteiger partial charge on any atom is 0.325 e. The lowest BCUT2D eigenvalue weighted by Gasteiger charge is -2.08. The van der Waals surface area contributed by atoms with Crippen LogP contribution in [0.15, 0.2) is 11.1 Å². The summed E-state index contributed by atoms with van der Waals surface area (Å²) in [6, 6.07) is -0.704. The van der Waals surface area contributed by atoms with Gasteiger partial charge in [0.2, 0.25) is 0 Å². The van der Waals surface area contributed by atoms with Crippen LogP contribution in [0.3, 0.4) is 0 Å². The second-order valence-electron chi connectivity index (χ2n) is 4.01. The Kier molecular flexibility index (Phi) is 4.16. The van der Waals surface area contributed by atoms with Gasteiger partial charge < -0.3 is 15.4 Å². The molecule has 0 bridgehead atoms. The fourth-order valence-corrected chi connectivity index (χ4v) is 1.63. The zero-order valence-electron chi connectivity index (χ0n) is 11.5. The van der Waals surface area contributed by atoms with E-state index in [1.54, 1.807) is 13.8 Å². The van der Waals surface area contributed by atoms with Gasteiger partial charge >= 0.3 is 12.0 Å². The van der Waals surface area contributed by atoms with Gasteiger partial charge in [-0.2, -0.15) is 4.52 Å². The summed E-state index contributed by atoms with van der Waals surface area (Å²) in [6.45, 7) is 3.16. The van der Waals surface area contributed by atoms with Crippen molar-refractivity contribution in [2.75, 3.05) is 18.5 Å². The van der Waals surface area contributed by atoms with Crippen molar-refractivity contribution in [1.82, 2.24) is 24.9 Å². The van der Waals surface area contributed by atoms with E-state index in [0.717, 1.165) is 4.52 Å². The molecule has 2 amide bonds. The van der Waals surface area contributed by atoms with E-state index in [9.17, 15) is 14.4 Å². The number of amides is 2. The number of anilines is 1. The highest BCUT2D eigenvalue weighted by molar-refractivity contribution is 5.91. The molecule has 0 spiro atoms. The maximum absolute atomic E-state index is 12.1. The quantitative estimate of drug-likeness (QED) is 0.646. The van der Waals surface area contributed by atoms with Gasteiger partial charge in [0, 0.05) is 0 Å². The monoisotopic (exact) mass is 294 g/mol. The van der Waals surface area contributed by atoms with E-state index < -0.39 is 17.6 Å². The number of H-pyrrole nitrogens is 1. The third kappa shape index (κ3) is 3.16. The van der Waals surface area contributed by atoms with Gasteiger partial charge in [0.15, 0.2) is 0 Å². The third-order valence-electron chi connectivity index (χ3n) is 2.55. The summed E-state index contributed by atoms with van der Waals surface area (Å²) in [5.41, 5.74) is -0.183. The van der Waals surface area contributed by atoms with E-state index in [1.807, 2.05) is 0 Å². The number of aromatic amines is 1. The molecule has 0 aromatic carbocycles. The predicted molar refractivity (Wildman–Crippen MR) is 72.0 cm³/mol. The van der Waals surface area contributed by atoms with E-state index in [1.165, 1.54) is 6.33 Å². The number of aryl methyl sites for hydroxylation is 1. The van der Waals surface area contributed by atoms with Crippen molar-refractivity contribution in [1.29, 1.82) is 0 Å². The van der Waals surface area contributed by atoms with Crippen LogP contribution in [0.2, 0.25) is 0 Å². The van der Waals surface area contributed by atoms with Crippen molar-refractivity contribution in [2.45, 2.75) is 13.8 Å². The summed E-state index contributed by atoms with van der Waals surface area (Å²) < 4.78 is 5.76. The first-order chi connectivity index (χ1) is 10.0. The van der Waals surface area contributed by atoms with Crippen molar-refractivity contribution < 1.29 is 14.3 Å². The van der Waals surface area contributed by atoms with Crippen molar-refractivity contribution in [3.8, 4) is 0 Å². The molecule has 0 aliphatic rings. The summed E-state index contributed by atoms with van der Waals surface area (Å²) >= 11 is 0. The first kappa shape index (κ1) is 14.5. The lowest BCUT2D eigenvalue weighted by molar-refractivity contribution is -0.141. The molecule has 0 unspecified atom stereocenters. The molecule has 21 heavy (non-hydrogen) atoms. The summed E-state index contributed by atoms with van der Waals surface area (Å²) in [5.74, 6) is -0.363. The minimum atomic E-state index is -0.704. The fraction of sp³-hybridized carbons (Fsp3) is 0.364. The van der Waals surface area contributed by atoms with E-state index in [2.05, 4.69) is 30.4 Å². The Morgan fingerprint density at radius 2 is 2.24 bits per heavy atom. The molecule has 10 heteroatoms. The Bertz CT molecular complexity index is 734. The van der Waals surface area contributed by atoms with Gasteiger partial charge in [-0.1, -0.05) is 0 Å². The van der Waals surface area contributed by atoms with E-state index in [0.29, 0.717) is 5.69 Å². The van der Waals surface area contributed by atoms with Crippen LogP contribution in [0.5, 0.6) is 0 Å². The first-order valence-electron chi connectivity index (χ1n) is 6.16. The SMILES string of the molecule is CCOC(=O)CNC(=O)Nc1c(C)nc2nc[nH]n2c1=O. The number of carbonyl (C=O) groups excluding carboxylic acids is 2. The number of nitrogens with zero attached hydrogens (tertiary/aromatic N) is 3. The lowest BCUT2D eigenvalue weighted by atomic mass is 10.3. The van der Waals surface area contributed by atoms with Crippen molar-refractivity contribution in [3.05, 3.63) is 22.4 Å². The molecule has 3 N–H and O–H groups in total. The molecule has 0 saturated heterocycles. The van der Waals surface area contributed by atoms with E-state index in [4.69, 9.17) is 0 Å². The van der Waals surface area contributed by atoms with Crippen LogP contribution in [0.1, 0.15) is 12.6 Å². The molecule has 0 saturated carbocycles. The number of hydrogen-bond acceptors (Lipinski definition) is 6. The molecule has 0 radical (unpaired) electrons. The molecule has 112 valence electrons. The second-order valence-corrected chi connectivity index (χ2v) is 4.01. The van der Waals surface area contributed by atoms with Crippen molar-refractivity contribution >= 4 is 23.5 Å². The Morgan fingerprint density at radius 3 is 2.95 bits per heavy atom. The van der Waals surface area contributed by atoms with Crippen LogP contribution in [0.4, 0.5) is 10.5 Å². The number of carbonyl (C=O) groups is 2.